The molecule has 2 rings (SSSR count). The van der Waals surface area contributed by atoms with Crippen LogP contribution in [0.25, 0.3) is 0 Å². The van der Waals surface area contributed by atoms with E-state index in [9.17, 15) is 9.59 Å². The Morgan fingerprint density at radius 2 is 1.97 bits per heavy atom. The van der Waals surface area contributed by atoms with E-state index in [4.69, 9.17) is 14.2 Å². The number of benzene rings is 1. The molecular formula is C22H26N2O5. The van der Waals surface area contributed by atoms with Crippen LogP contribution in [0.4, 0.5) is 0 Å². The third-order valence-corrected chi connectivity index (χ3v) is 3.87. The molecular weight excluding hydrogens is 372 g/mol. The molecule has 7 nitrogen and oxygen atoms in total. The number of hydrogen-bond donors (Lipinski definition) is 0. The van der Waals surface area contributed by atoms with Crippen LogP contribution in [0, 0.1) is 0 Å². The van der Waals surface area contributed by atoms with Crippen molar-refractivity contribution in [2.75, 3.05) is 26.3 Å². The average molecular weight is 398 g/mol. The van der Waals surface area contributed by atoms with Gasteiger partial charge in [0.1, 0.15) is 13.2 Å². The van der Waals surface area contributed by atoms with Gasteiger partial charge in [-0.1, -0.05) is 12.1 Å². The number of rotatable bonds is 11. The second-order valence-corrected chi connectivity index (χ2v) is 6.02. The molecule has 0 fully saturated rings. The lowest BCUT2D eigenvalue weighted by Crippen LogP contribution is -2.36. The summed E-state index contributed by atoms with van der Waals surface area (Å²) in [5, 5.41) is 0. The number of hydrogen-bond acceptors (Lipinski definition) is 6. The normalized spacial score (nSPS) is 10.1. The van der Waals surface area contributed by atoms with Crippen molar-refractivity contribution in [3.05, 3.63) is 66.5 Å². The average Bonchev–Trinajstić information content (AvgIpc) is 2.73. The van der Waals surface area contributed by atoms with Crippen molar-refractivity contribution in [1.82, 2.24) is 9.88 Å². The molecule has 0 radical (unpaired) electrons. The quantitative estimate of drug-likeness (QED) is 0.427. The van der Waals surface area contributed by atoms with Crippen molar-refractivity contribution < 1.29 is 23.8 Å². The summed E-state index contributed by atoms with van der Waals surface area (Å²) in [6, 6.07) is 8.69. The highest BCUT2D eigenvalue weighted by Gasteiger charge is 2.20. The number of amides is 1. The molecule has 2 aromatic rings. The highest BCUT2D eigenvalue weighted by atomic mass is 16.5. The first-order chi connectivity index (χ1) is 14.1. The second kappa shape index (κ2) is 11.5. The van der Waals surface area contributed by atoms with Crippen LogP contribution in [0.3, 0.4) is 0 Å². The van der Waals surface area contributed by atoms with E-state index in [-0.39, 0.29) is 25.6 Å². The topological polar surface area (TPSA) is 78.0 Å². The standard InChI is InChI=1S/C22H26N2O5/c1-4-12-24(15-21(25)28-6-3)22(26)18-9-10-19(20(13-18)27-5-2)29-16-17-8-7-11-23-14-17/h4,7-11,13-14H,1,5-6,12,15-16H2,2-3H3. The minimum atomic E-state index is -0.468. The van der Waals surface area contributed by atoms with E-state index in [2.05, 4.69) is 11.6 Å². The van der Waals surface area contributed by atoms with Gasteiger partial charge >= 0.3 is 5.97 Å². The van der Waals surface area contributed by atoms with Crippen LogP contribution in [0.5, 0.6) is 11.5 Å². The highest BCUT2D eigenvalue weighted by molar-refractivity contribution is 5.96. The number of pyridine rings is 1. The Labute approximate surface area is 170 Å². The maximum atomic E-state index is 12.9. The number of aromatic nitrogens is 1. The molecule has 1 aromatic heterocycles. The Bertz CT molecular complexity index is 823. The molecule has 7 heteroatoms. The van der Waals surface area contributed by atoms with E-state index in [1.807, 2.05) is 19.1 Å². The third-order valence-electron chi connectivity index (χ3n) is 3.87. The van der Waals surface area contributed by atoms with Gasteiger partial charge in [0.2, 0.25) is 0 Å². The number of carbonyl (C=O) groups is 2. The fourth-order valence-corrected chi connectivity index (χ4v) is 2.59. The van der Waals surface area contributed by atoms with Crippen LogP contribution in [-0.4, -0.2) is 48.1 Å². The Morgan fingerprint density at radius 3 is 2.62 bits per heavy atom. The molecule has 29 heavy (non-hydrogen) atoms. The molecule has 154 valence electrons. The van der Waals surface area contributed by atoms with Gasteiger partial charge < -0.3 is 19.1 Å². The van der Waals surface area contributed by atoms with E-state index >= 15 is 0 Å². The van der Waals surface area contributed by atoms with Crippen molar-refractivity contribution >= 4 is 11.9 Å². The van der Waals surface area contributed by atoms with Gasteiger partial charge in [0.05, 0.1) is 13.2 Å². The molecule has 0 bridgehead atoms. The predicted molar refractivity (Wildman–Crippen MR) is 109 cm³/mol. The molecule has 1 heterocycles. The van der Waals surface area contributed by atoms with Crippen LogP contribution < -0.4 is 9.47 Å². The van der Waals surface area contributed by atoms with Crippen molar-refractivity contribution in [2.24, 2.45) is 0 Å². The van der Waals surface area contributed by atoms with Gasteiger partial charge in [0.15, 0.2) is 11.5 Å². The van der Waals surface area contributed by atoms with Crippen LogP contribution in [0.15, 0.2) is 55.4 Å². The summed E-state index contributed by atoms with van der Waals surface area (Å²) in [5.74, 6) is 0.187. The highest BCUT2D eigenvalue weighted by Crippen LogP contribution is 2.29. The predicted octanol–water partition coefficient (Wildman–Crippen LogP) is 3.25. The third kappa shape index (κ3) is 6.64. The summed E-state index contributed by atoms with van der Waals surface area (Å²) in [4.78, 5) is 30.1. The van der Waals surface area contributed by atoms with Gasteiger partial charge in [-0.3, -0.25) is 14.6 Å². The number of esters is 1. The SMILES string of the molecule is C=CCN(CC(=O)OCC)C(=O)c1ccc(OCc2cccnc2)c(OCC)c1. The van der Waals surface area contributed by atoms with Gasteiger partial charge in [-0.25, -0.2) is 0 Å². The first-order valence-electron chi connectivity index (χ1n) is 9.43. The molecule has 0 aliphatic heterocycles. The molecule has 1 aromatic carbocycles. The van der Waals surface area contributed by atoms with E-state index < -0.39 is 5.97 Å². The van der Waals surface area contributed by atoms with Crippen molar-refractivity contribution in [3.63, 3.8) is 0 Å². The zero-order valence-corrected chi connectivity index (χ0v) is 16.8. The number of carbonyl (C=O) groups excluding carboxylic acids is 2. The minimum absolute atomic E-state index is 0.151. The van der Waals surface area contributed by atoms with Crippen LogP contribution in [-0.2, 0) is 16.1 Å². The first kappa shape index (κ1) is 21.9. The second-order valence-electron chi connectivity index (χ2n) is 6.02. The van der Waals surface area contributed by atoms with E-state index in [1.54, 1.807) is 43.6 Å². The molecule has 0 N–H and O–H groups in total. The lowest BCUT2D eigenvalue weighted by atomic mass is 10.1. The van der Waals surface area contributed by atoms with Gasteiger partial charge in [0.25, 0.3) is 5.91 Å². The number of ether oxygens (including phenoxy) is 3. The summed E-state index contributed by atoms with van der Waals surface area (Å²) in [6.45, 7) is 8.29. The first-order valence-corrected chi connectivity index (χ1v) is 9.43. The summed E-state index contributed by atoms with van der Waals surface area (Å²) in [7, 11) is 0. The Balaban J connectivity index is 2.18. The minimum Gasteiger partial charge on any atom is -0.490 e. The van der Waals surface area contributed by atoms with Gasteiger partial charge in [-0.15, -0.1) is 6.58 Å². The maximum absolute atomic E-state index is 12.9. The fourth-order valence-electron chi connectivity index (χ4n) is 2.59. The van der Waals surface area contributed by atoms with Crippen LogP contribution in [0.1, 0.15) is 29.8 Å². The van der Waals surface area contributed by atoms with Gasteiger partial charge in [-0.2, -0.15) is 0 Å². The number of nitrogens with zero attached hydrogens (tertiary/aromatic N) is 2. The zero-order chi connectivity index (χ0) is 21.1. The lowest BCUT2D eigenvalue weighted by Gasteiger charge is -2.21. The Kier molecular flexibility index (Phi) is 8.69. The molecule has 1 amide bonds. The molecule has 0 saturated heterocycles. The summed E-state index contributed by atoms with van der Waals surface area (Å²) in [6.07, 6.45) is 4.98. The van der Waals surface area contributed by atoms with Crippen LogP contribution >= 0.6 is 0 Å². The monoisotopic (exact) mass is 398 g/mol. The molecule has 0 aliphatic carbocycles. The molecule has 0 saturated carbocycles. The van der Waals surface area contributed by atoms with Gasteiger partial charge in [-0.05, 0) is 38.1 Å². The van der Waals surface area contributed by atoms with Crippen molar-refractivity contribution in [1.29, 1.82) is 0 Å². The van der Waals surface area contributed by atoms with E-state index in [1.165, 1.54) is 4.90 Å². The zero-order valence-electron chi connectivity index (χ0n) is 16.8. The van der Waals surface area contributed by atoms with E-state index in [0.29, 0.717) is 30.3 Å². The molecule has 0 aliphatic rings. The molecule has 0 atom stereocenters. The fraction of sp³-hybridized carbons (Fsp3) is 0.318. The molecule has 0 spiro atoms. The smallest absolute Gasteiger partial charge is 0.325 e. The largest absolute Gasteiger partial charge is 0.490 e. The Hall–Kier alpha value is -3.35. The summed E-state index contributed by atoms with van der Waals surface area (Å²) in [5.41, 5.74) is 1.30. The molecule has 0 unspecified atom stereocenters. The van der Waals surface area contributed by atoms with Crippen molar-refractivity contribution in [2.45, 2.75) is 20.5 Å². The summed E-state index contributed by atoms with van der Waals surface area (Å²) < 4.78 is 16.4. The van der Waals surface area contributed by atoms with Crippen molar-refractivity contribution in [3.8, 4) is 11.5 Å². The maximum Gasteiger partial charge on any atom is 0.325 e. The van der Waals surface area contributed by atoms with Gasteiger partial charge in [0, 0.05) is 30.1 Å². The van der Waals surface area contributed by atoms with Crippen LogP contribution in [0.2, 0.25) is 0 Å². The Morgan fingerprint density at radius 1 is 1.14 bits per heavy atom. The lowest BCUT2D eigenvalue weighted by molar-refractivity contribution is -0.143. The summed E-state index contributed by atoms with van der Waals surface area (Å²) >= 11 is 0. The van der Waals surface area contributed by atoms with E-state index in [0.717, 1.165) is 5.56 Å².